The van der Waals surface area contributed by atoms with Crippen molar-refractivity contribution in [2.75, 3.05) is 6.61 Å². The second-order valence-corrected chi connectivity index (χ2v) is 2.46. The molecular formula is C10H16O. The van der Waals surface area contributed by atoms with E-state index in [-0.39, 0.29) is 14.0 Å². The van der Waals surface area contributed by atoms with Crippen molar-refractivity contribution in [1.82, 2.24) is 0 Å². The Morgan fingerprint density at radius 2 is 2.09 bits per heavy atom. The van der Waals surface area contributed by atoms with Gasteiger partial charge in [0.05, 0.1) is 0 Å². The first-order chi connectivity index (χ1) is 4.83. The molecule has 0 aliphatic rings. The lowest BCUT2D eigenvalue weighted by molar-refractivity contribution is 0.299. The Morgan fingerprint density at radius 3 is 2.64 bits per heavy atom. The van der Waals surface area contributed by atoms with Gasteiger partial charge in [-0.15, -0.1) is 0 Å². The zero-order valence-corrected chi connectivity index (χ0v) is 6.17. The second kappa shape index (κ2) is 4.91. The fraction of sp³-hybridized carbons (Fsp3) is 0.400. The first-order valence-corrected chi connectivity index (χ1v) is 3.49. The third-order valence-corrected chi connectivity index (χ3v) is 1.48. The quantitative estimate of drug-likeness (QED) is 0.688. The van der Waals surface area contributed by atoms with Crippen LogP contribution in [0.3, 0.4) is 0 Å². The highest BCUT2D eigenvalue weighted by Gasteiger charge is 1.89. The molecule has 1 nitrogen and oxygen atoms in total. The van der Waals surface area contributed by atoms with E-state index in [1.54, 1.807) is 0 Å². The number of hydrogen-bond acceptors (Lipinski definition) is 1. The summed E-state index contributed by atoms with van der Waals surface area (Å²) in [5, 5.41) is 8.61. The molecule has 0 atom stereocenters. The number of benzene rings is 1. The van der Waals surface area contributed by atoms with Crippen LogP contribution in [0.2, 0.25) is 0 Å². The molecule has 0 spiro atoms. The summed E-state index contributed by atoms with van der Waals surface area (Å²) >= 11 is 0. The van der Waals surface area contributed by atoms with E-state index < -0.39 is 0 Å². The van der Waals surface area contributed by atoms with Gasteiger partial charge in [0.25, 0.3) is 0 Å². The van der Waals surface area contributed by atoms with E-state index in [2.05, 4.69) is 19.1 Å². The summed E-state index contributed by atoms with van der Waals surface area (Å²) in [5.41, 5.74) is 2.47. The lowest BCUT2D eigenvalue weighted by atomic mass is 10.1. The highest BCUT2D eigenvalue weighted by Crippen LogP contribution is 2.03. The molecule has 0 saturated heterocycles. The molecule has 1 aromatic carbocycles. The molecule has 62 valence electrons. The van der Waals surface area contributed by atoms with Crippen LogP contribution in [0, 0.1) is 6.92 Å². The van der Waals surface area contributed by atoms with Crippen molar-refractivity contribution >= 4 is 0 Å². The van der Waals surface area contributed by atoms with Crippen LogP contribution in [-0.4, -0.2) is 11.7 Å². The highest BCUT2D eigenvalue weighted by atomic mass is 16.2. The van der Waals surface area contributed by atoms with Gasteiger partial charge in [0.1, 0.15) is 0 Å². The zero-order chi connectivity index (χ0) is 7.40. The van der Waals surface area contributed by atoms with Gasteiger partial charge in [-0.1, -0.05) is 37.3 Å². The van der Waals surface area contributed by atoms with Crippen molar-refractivity contribution in [2.45, 2.75) is 20.8 Å². The molecule has 0 fully saturated rings. The smallest absolute Gasteiger partial charge is 0.0471 e. The third kappa shape index (κ3) is 3.19. The van der Waals surface area contributed by atoms with Crippen molar-refractivity contribution in [2.24, 2.45) is 0 Å². The van der Waals surface area contributed by atoms with Crippen LogP contribution in [0.15, 0.2) is 24.3 Å². The molecular weight excluding hydrogens is 136 g/mol. The lowest BCUT2D eigenvalue weighted by Crippen LogP contribution is -1.89. The van der Waals surface area contributed by atoms with E-state index in [0.29, 0.717) is 0 Å². The average Bonchev–Trinajstić information content (AvgIpc) is 1.88. The second-order valence-electron chi connectivity index (χ2n) is 2.46. The molecule has 0 aliphatic carbocycles. The predicted octanol–water partition coefficient (Wildman–Crippen LogP) is 2.17. The zero-order valence-electron chi connectivity index (χ0n) is 6.17. The normalized spacial score (nSPS) is 8.91. The summed E-state index contributed by atoms with van der Waals surface area (Å²) < 4.78 is 0. The molecule has 0 heterocycles. The van der Waals surface area contributed by atoms with Crippen LogP contribution < -0.4 is 0 Å². The first-order valence-electron chi connectivity index (χ1n) is 3.49. The minimum absolute atomic E-state index is 0. The van der Waals surface area contributed by atoms with Gasteiger partial charge < -0.3 is 5.11 Å². The van der Waals surface area contributed by atoms with Gasteiger partial charge in [-0.25, -0.2) is 0 Å². The monoisotopic (exact) mass is 152 g/mol. The van der Waals surface area contributed by atoms with Crippen molar-refractivity contribution in [1.29, 1.82) is 0 Å². The van der Waals surface area contributed by atoms with E-state index in [4.69, 9.17) is 5.11 Å². The van der Waals surface area contributed by atoms with Crippen molar-refractivity contribution < 1.29 is 5.11 Å². The highest BCUT2D eigenvalue weighted by molar-refractivity contribution is 5.22. The van der Waals surface area contributed by atoms with E-state index in [9.17, 15) is 0 Å². The topological polar surface area (TPSA) is 20.2 Å². The number of aliphatic hydroxyl groups excluding tert-OH is 1. The van der Waals surface area contributed by atoms with Crippen LogP contribution in [0.1, 0.15) is 18.6 Å². The van der Waals surface area contributed by atoms with Crippen LogP contribution in [-0.2, 0) is 6.42 Å². The minimum Gasteiger partial charge on any atom is -0.396 e. The maximum Gasteiger partial charge on any atom is 0.0471 e. The van der Waals surface area contributed by atoms with Crippen molar-refractivity contribution in [3.8, 4) is 0 Å². The van der Waals surface area contributed by atoms with Crippen molar-refractivity contribution in [3.05, 3.63) is 35.4 Å². The fourth-order valence-electron chi connectivity index (χ4n) is 0.997. The van der Waals surface area contributed by atoms with Gasteiger partial charge in [-0.2, -0.15) is 0 Å². The van der Waals surface area contributed by atoms with Gasteiger partial charge in [0, 0.05) is 6.61 Å². The average molecular weight is 152 g/mol. The molecule has 0 aromatic heterocycles. The van der Waals surface area contributed by atoms with E-state index in [0.717, 1.165) is 6.42 Å². The maximum atomic E-state index is 8.61. The van der Waals surface area contributed by atoms with Crippen LogP contribution >= 0.6 is 0 Å². The maximum absolute atomic E-state index is 8.61. The molecule has 0 bridgehead atoms. The lowest BCUT2D eigenvalue weighted by Gasteiger charge is -1.97. The summed E-state index contributed by atoms with van der Waals surface area (Å²) in [5.74, 6) is 0. The number of hydrogen-bond donors (Lipinski definition) is 1. The molecule has 0 amide bonds. The van der Waals surface area contributed by atoms with Crippen LogP contribution in [0.5, 0.6) is 0 Å². The van der Waals surface area contributed by atoms with Gasteiger partial charge in [-0.3, -0.25) is 0 Å². The third-order valence-electron chi connectivity index (χ3n) is 1.48. The van der Waals surface area contributed by atoms with Gasteiger partial charge in [0.15, 0.2) is 0 Å². The van der Waals surface area contributed by atoms with Gasteiger partial charge in [0.2, 0.25) is 0 Å². The van der Waals surface area contributed by atoms with Gasteiger partial charge in [-0.05, 0) is 18.9 Å². The van der Waals surface area contributed by atoms with Gasteiger partial charge >= 0.3 is 0 Å². The Bertz CT molecular complexity index is 206. The van der Waals surface area contributed by atoms with E-state index in [1.807, 2.05) is 12.1 Å². The van der Waals surface area contributed by atoms with Crippen LogP contribution in [0.4, 0.5) is 0 Å². The summed E-state index contributed by atoms with van der Waals surface area (Å²) in [6.07, 6.45) is 0.766. The molecule has 1 aromatic rings. The number of aryl methyl sites for hydroxylation is 1. The standard InChI is InChI=1S/C9H12O.CH4/c1-8-3-2-4-9(7-8)5-6-10;/h2-4,7,10H,5-6H2,1H3;1H4. The van der Waals surface area contributed by atoms with Crippen molar-refractivity contribution in [3.63, 3.8) is 0 Å². The number of aliphatic hydroxyl groups is 1. The number of rotatable bonds is 2. The molecule has 1 heteroatoms. The molecule has 1 rings (SSSR count). The Morgan fingerprint density at radius 1 is 1.36 bits per heavy atom. The largest absolute Gasteiger partial charge is 0.396 e. The predicted molar refractivity (Wildman–Crippen MR) is 48.7 cm³/mol. The fourth-order valence-corrected chi connectivity index (χ4v) is 0.997. The minimum atomic E-state index is 0. The van der Waals surface area contributed by atoms with E-state index in [1.165, 1.54) is 11.1 Å². The summed E-state index contributed by atoms with van der Waals surface area (Å²) in [4.78, 5) is 0. The van der Waals surface area contributed by atoms with E-state index >= 15 is 0 Å². The Kier molecular flexibility index (Phi) is 4.55. The SMILES string of the molecule is C.Cc1cccc(CCO)c1. The molecule has 0 saturated carbocycles. The molecule has 1 N–H and O–H groups in total. The Hall–Kier alpha value is -0.820. The summed E-state index contributed by atoms with van der Waals surface area (Å²) in [7, 11) is 0. The molecule has 11 heavy (non-hydrogen) atoms. The first kappa shape index (κ1) is 10.2. The summed E-state index contributed by atoms with van der Waals surface area (Å²) in [6.45, 7) is 2.30. The van der Waals surface area contributed by atoms with Crippen LogP contribution in [0.25, 0.3) is 0 Å². The Balaban J connectivity index is 0.000001000. The summed E-state index contributed by atoms with van der Waals surface area (Å²) in [6, 6.07) is 8.20. The molecule has 0 radical (unpaired) electrons. The molecule has 0 unspecified atom stereocenters. The Labute approximate surface area is 68.7 Å². The molecule has 0 aliphatic heterocycles.